The summed E-state index contributed by atoms with van der Waals surface area (Å²) in [6, 6.07) is 10.5. The van der Waals surface area contributed by atoms with E-state index in [1.807, 2.05) is 12.1 Å². The topological polar surface area (TPSA) is 85.4 Å². The van der Waals surface area contributed by atoms with E-state index in [4.69, 9.17) is 4.74 Å². The molecule has 25 heavy (non-hydrogen) atoms. The molecule has 0 aliphatic rings. The highest BCUT2D eigenvalue weighted by molar-refractivity contribution is 9.10. The molecule has 0 aliphatic heterocycles. The molecule has 1 aromatic carbocycles. The number of amides is 1. The number of aromatic nitrogens is 1. The smallest absolute Gasteiger partial charge is 0.239 e. The Kier molecular flexibility index (Phi) is 6.55. The fourth-order valence-corrected chi connectivity index (χ4v) is 4.11. The van der Waals surface area contributed by atoms with E-state index in [0.717, 1.165) is 4.47 Å². The number of pyridine rings is 1. The number of carbonyl (C=O) groups is 1. The van der Waals surface area contributed by atoms with Gasteiger partial charge in [0.05, 0.1) is 17.6 Å². The van der Waals surface area contributed by atoms with Gasteiger partial charge >= 0.3 is 0 Å². The van der Waals surface area contributed by atoms with Gasteiger partial charge in [-0.05, 0) is 30.2 Å². The van der Waals surface area contributed by atoms with Crippen LogP contribution in [0.1, 0.15) is 13.8 Å². The Balaban J connectivity index is 1.95. The van der Waals surface area contributed by atoms with Gasteiger partial charge < -0.3 is 10.1 Å². The van der Waals surface area contributed by atoms with Gasteiger partial charge in [0, 0.05) is 10.5 Å². The third-order valence-electron chi connectivity index (χ3n) is 2.98. The third-order valence-corrected chi connectivity index (χ3v) is 5.35. The van der Waals surface area contributed by atoms with Crippen molar-refractivity contribution in [3.63, 3.8) is 0 Å². The fourth-order valence-electron chi connectivity index (χ4n) is 2.13. The molecule has 1 N–H and O–H groups in total. The van der Waals surface area contributed by atoms with Crippen LogP contribution in [0.15, 0.2) is 47.1 Å². The molecule has 2 aromatic rings. The predicted octanol–water partition coefficient (Wildman–Crippen LogP) is 3.65. The Morgan fingerprint density at radius 3 is 2.64 bits per heavy atom. The van der Waals surface area contributed by atoms with Crippen molar-refractivity contribution in [1.82, 2.24) is 4.98 Å². The number of ether oxygens (including phenoxy) is 1. The highest BCUT2D eigenvalue weighted by atomic mass is 79.9. The minimum absolute atomic E-state index is 0.0158. The number of carbonyl (C=O) groups excluding carboxylic acids is 1. The quantitative estimate of drug-likeness (QED) is 0.729. The van der Waals surface area contributed by atoms with E-state index in [9.17, 15) is 13.2 Å². The van der Waals surface area contributed by atoms with E-state index in [1.54, 1.807) is 38.1 Å². The largest absolute Gasteiger partial charge is 0.439 e. The van der Waals surface area contributed by atoms with Gasteiger partial charge in [0.25, 0.3) is 0 Å². The second-order valence-electron chi connectivity index (χ2n) is 5.94. The molecule has 1 heterocycles. The molecule has 0 saturated carbocycles. The molecule has 0 radical (unpaired) electrons. The summed E-state index contributed by atoms with van der Waals surface area (Å²) >= 11 is 3.36. The number of benzene rings is 1. The summed E-state index contributed by atoms with van der Waals surface area (Å²) in [5.41, 5.74) is 0.409. The average Bonchev–Trinajstić information content (AvgIpc) is 2.47. The molecule has 0 unspecified atom stereocenters. The first-order chi connectivity index (χ1) is 11.7. The zero-order valence-electron chi connectivity index (χ0n) is 13.9. The second kappa shape index (κ2) is 8.44. The SMILES string of the molecule is CC(C)CS(=O)(=O)CC(=O)Nc1ccc(Oc2cccc(Br)c2)nc1. The summed E-state index contributed by atoms with van der Waals surface area (Å²) in [7, 11) is -3.41. The molecule has 134 valence electrons. The third kappa shape index (κ3) is 6.83. The van der Waals surface area contributed by atoms with Crippen LogP contribution in [0, 0.1) is 5.92 Å². The molecule has 0 aliphatic carbocycles. The molecular weight excluding hydrogens is 408 g/mol. The number of nitrogens with one attached hydrogen (secondary N) is 1. The Hall–Kier alpha value is -1.93. The molecule has 0 spiro atoms. The molecule has 2 rings (SSSR count). The van der Waals surface area contributed by atoms with Crippen LogP contribution in [0.2, 0.25) is 0 Å². The number of hydrogen-bond donors (Lipinski definition) is 1. The molecule has 6 nitrogen and oxygen atoms in total. The van der Waals surface area contributed by atoms with Crippen molar-refractivity contribution in [3.05, 3.63) is 47.1 Å². The van der Waals surface area contributed by atoms with Gasteiger partial charge in [-0.1, -0.05) is 35.8 Å². The lowest BCUT2D eigenvalue weighted by molar-refractivity contribution is -0.113. The second-order valence-corrected chi connectivity index (χ2v) is 8.97. The first kappa shape index (κ1) is 19.4. The van der Waals surface area contributed by atoms with Crippen LogP contribution in [0.3, 0.4) is 0 Å². The van der Waals surface area contributed by atoms with Gasteiger partial charge in [-0.3, -0.25) is 4.79 Å². The van der Waals surface area contributed by atoms with Crippen molar-refractivity contribution in [2.24, 2.45) is 5.92 Å². The van der Waals surface area contributed by atoms with Crippen molar-refractivity contribution in [2.45, 2.75) is 13.8 Å². The molecule has 0 bridgehead atoms. The lowest BCUT2D eigenvalue weighted by Crippen LogP contribution is -2.26. The monoisotopic (exact) mass is 426 g/mol. The standard InChI is InChI=1S/C17H19BrN2O4S/c1-12(2)10-25(22,23)11-16(21)20-14-6-7-17(19-9-14)24-15-5-3-4-13(18)8-15/h3-9,12H,10-11H2,1-2H3,(H,20,21). The Labute approximate surface area is 155 Å². The maximum Gasteiger partial charge on any atom is 0.239 e. The molecule has 0 fully saturated rings. The Morgan fingerprint density at radius 1 is 1.28 bits per heavy atom. The minimum atomic E-state index is -3.41. The molecule has 0 atom stereocenters. The minimum Gasteiger partial charge on any atom is -0.439 e. The van der Waals surface area contributed by atoms with E-state index in [-0.39, 0.29) is 11.7 Å². The number of anilines is 1. The molecule has 1 aromatic heterocycles. The Bertz CT molecular complexity index is 836. The predicted molar refractivity (Wildman–Crippen MR) is 101 cm³/mol. The zero-order chi connectivity index (χ0) is 18.4. The van der Waals surface area contributed by atoms with Gasteiger partial charge in [-0.15, -0.1) is 0 Å². The summed E-state index contributed by atoms with van der Waals surface area (Å²) in [6.45, 7) is 3.59. The van der Waals surface area contributed by atoms with Crippen molar-refractivity contribution >= 4 is 37.4 Å². The molecular formula is C17H19BrN2O4S. The average molecular weight is 427 g/mol. The molecule has 1 amide bonds. The lowest BCUT2D eigenvalue weighted by atomic mass is 10.3. The van der Waals surface area contributed by atoms with Crippen LogP contribution in [0.4, 0.5) is 5.69 Å². The van der Waals surface area contributed by atoms with Crippen molar-refractivity contribution in [2.75, 3.05) is 16.8 Å². The lowest BCUT2D eigenvalue weighted by Gasteiger charge is -2.09. The van der Waals surface area contributed by atoms with Gasteiger partial charge in [0.2, 0.25) is 11.8 Å². The van der Waals surface area contributed by atoms with Crippen LogP contribution < -0.4 is 10.1 Å². The number of hydrogen-bond acceptors (Lipinski definition) is 5. The van der Waals surface area contributed by atoms with Crippen LogP contribution in [-0.4, -0.2) is 30.8 Å². The summed E-state index contributed by atoms with van der Waals surface area (Å²) in [6.07, 6.45) is 1.42. The number of sulfone groups is 1. The number of halogens is 1. The summed E-state index contributed by atoms with van der Waals surface area (Å²) in [4.78, 5) is 16.0. The Morgan fingerprint density at radius 2 is 2.04 bits per heavy atom. The van der Waals surface area contributed by atoms with E-state index >= 15 is 0 Å². The number of rotatable bonds is 7. The fraction of sp³-hybridized carbons (Fsp3) is 0.294. The van der Waals surface area contributed by atoms with E-state index in [2.05, 4.69) is 26.2 Å². The maximum atomic E-state index is 11.9. The van der Waals surface area contributed by atoms with Crippen LogP contribution in [0.25, 0.3) is 0 Å². The van der Waals surface area contributed by atoms with E-state index in [1.165, 1.54) is 6.20 Å². The normalized spacial score (nSPS) is 11.4. The summed E-state index contributed by atoms with van der Waals surface area (Å²) in [5.74, 6) is -0.168. The van der Waals surface area contributed by atoms with Crippen LogP contribution in [-0.2, 0) is 14.6 Å². The van der Waals surface area contributed by atoms with Crippen LogP contribution in [0.5, 0.6) is 11.6 Å². The highest BCUT2D eigenvalue weighted by Crippen LogP contribution is 2.23. The first-order valence-corrected chi connectivity index (χ1v) is 10.2. The van der Waals surface area contributed by atoms with Gasteiger partial charge in [0.15, 0.2) is 9.84 Å². The van der Waals surface area contributed by atoms with Gasteiger partial charge in [-0.25, -0.2) is 13.4 Å². The van der Waals surface area contributed by atoms with Crippen molar-refractivity contribution in [3.8, 4) is 11.6 Å². The van der Waals surface area contributed by atoms with Crippen LogP contribution >= 0.6 is 15.9 Å². The first-order valence-electron chi connectivity index (χ1n) is 7.63. The molecule has 0 saturated heterocycles. The van der Waals surface area contributed by atoms with Crippen molar-refractivity contribution in [1.29, 1.82) is 0 Å². The van der Waals surface area contributed by atoms with Crippen molar-refractivity contribution < 1.29 is 17.9 Å². The maximum absolute atomic E-state index is 11.9. The number of nitrogens with zero attached hydrogens (tertiary/aromatic N) is 1. The zero-order valence-corrected chi connectivity index (χ0v) is 16.3. The van der Waals surface area contributed by atoms with E-state index < -0.39 is 21.5 Å². The van der Waals surface area contributed by atoms with Gasteiger partial charge in [-0.2, -0.15) is 0 Å². The summed E-state index contributed by atoms with van der Waals surface area (Å²) in [5, 5.41) is 2.53. The highest BCUT2D eigenvalue weighted by Gasteiger charge is 2.18. The summed E-state index contributed by atoms with van der Waals surface area (Å²) < 4.78 is 30.1. The van der Waals surface area contributed by atoms with E-state index in [0.29, 0.717) is 17.3 Å². The van der Waals surface area contributed by atoms with Gasteiger partial charge in [0.1, 0.15) is 11.5 Å². The molecule has 8 heteroatoms.